The van der Waals surface area contributed by atoms with E-state index in [1.165, 1.54) is 12.3 Å². The zero-order valence-corrected chi connectivity index (χ0v) is 13.5. The molecule has 0 bridgehead atoms. The van der Waals surface area contributed by atoms with Crippen molar-refractivity contribution in [1.29, 1.82) is 0 Å². The van der Waals surface area contributed by atoms with Crippen LogP contribution >= 0.6 is 0 Å². The molecule has 132 valence electrons. The summed E-state index contributed by atoms with van der Waals surface area (Å²) in [5, 5.41) is 5.30. The third kappa shape index (κ3) is 4.00. The van der Waals surface area contributed by atoms with Crippen LogP contribution in [0.25, 0.3) is 0 Å². The monoisotopic (exact) mass is 357 g/mol. The van der Waals surface area contributed by atoms with Crippen LogP contribution in [0, 0.1) is 17.5 Å². The predicted octanol–water partition coefficient (Wildman–Crippen LogP) is 4.36. The molecule has 1 aromatic heterocycles. The smallest absolute Gasteiger partial charge is 0.257 e. The van der Waals surface area contributed by atoms with Crippen molar-refractivity contribution in [2.45, 2.75) is 6.54 Å². The second kappa shape index (κ2) is 7.69. The van der Waals surface area contributed by atoms with E-state index in [4.69, 9.17) is 0 Å². The minimum atomic E-state index is -1.64. The Kier molecular flexibility index (Phi) is 5.17. The third-order valence-electron chi connectivity index (χ3n) is 3.63. The number of rotatable bonds is 5. The SMILES string of the molecule is O=C(Nc1ccc(F)c(F)c1F)c1ccc(NCc2ccccc2)nc1. The maximum absolute atomic E-state index is 13.6. The van der Waals surface area contributed by atoms with E-state index in [9.17, 15) is 18.0 Å². The average molecular weight is 357 g/mol. The number of hydrogen-bond donors (Lipinski definition) is 2. The van der Waals surface area contributed by atoms with Gasteiger partial charge < -0.3 is 10.6 Å². The predicted molar refractivity (Wildman–Crippen MR) is 92.3 cm³/mol. The lowest BCUT2D eigenvalue weighted by molar-refractivity contribution is 0.102. The number of benzene rings is 2. The van der Waals surface area contributed by atoms with Crippen molar-refractivity contribution in [3.63, 3.8) is 0 Å². The lowest BCUT2D eigenvalue weighted by Crippen LogP contribution is -2.14. The standard InChI is InChI=1S/C19H14F3N3O/c20-14-7-8-15(18(22)17(14)21)25-19(26)13-6-9-16(24-11-13)23-10-12-4-2-1-3-5-12/h1-9,11H,10H2,(H,23,24)(H,25,26). The van der Waals surface area contributed by atoms with E-state index in [0.717, 1.165) is 17.7 Å². The van der Waals surface area contributed by atoms with Crippen molar-refractivity contribution >= 4 is 17.4 Å². The number of anilines is 2. The zero-order valence-electron chi connectivity index (χ0n) is 13.5. The van der Waals surface area contributed by atoms with Crippen LogP contribution in [0.3, 0.4) is 0 Å². The molecule has 1 amide bonds. The van der Waals surface area contributed by atoms with Gasteiger partial charge in [0, 0.05) is 12.7 Å². The van der Waals surface area contributed by atoms with Crippen LogP contribution in [0.4, 0.5) is 24.7 Å². The van der Waals surface area contributed by atoms with Crippen molar-refractivity contribution < 1.29 is 18.0 Å². The molecule has 2 N–H and O–H groups in total. The molecule has 0 atom stereocenters. The second-order valence-corrected chi connectivity index (χ2v) is 5.45. The van der Waals surface area contributed by atoms with Crippen LogP contribution in [-0.4, -0.2) is 10.9 Å². The first-order valence-electron chi connectivity index (χ1n) is 7.73. The topological polar surface area (TPSA) is 54.0 Å². The van der Waals surface area contributed by atoms with Gasteiger partial charge in [0.05, 0.1) is 11.3 Å². The van der Waals surface area contributed by atoms with Crippen LogP contribution in [0.1, 0.15) is 15.9 Å². The van der Waals surface area contributed by atoms with E-state index in [1.54, 1.807) is 6.07 Å². The molecule has 0 fully saturated rings. The number of nitrogens with zero attached hydrogens (tertiary/aromatic N) is 1. The normalized spacial score (nSPS) is 10.4. The molecule has 3 rings (SSSR count). The maximum Gasteiger partial charge on any atom is 0.257 e. The third-order valence-corrected chi connectivity index (χ3v) is 3.63. The first kappa shape index (κ1) is 17.5. The summed E-state index contributed by atoms with van der Waals surface area (Å²) in [6.07, 6.45) is 1.31. The Morgan fingerprint density at radius 2 is 1.69 bits per heavy atom. The molecule has 0 spiro atoms. The minimum absolute atomic E-state index is 0.152. The number of halogens is 3. The van der Waals surface area contributed by atoms with Gasteiger partial charge in [-0.1, -0.05) is 30.3 Å². The number of hydrogen-bond acceptors (Lipinski definition) is 3. The van der Waals surface area contributed by atoms with E-state index >= 15 is 0 Å². The van der Waals surface area contributed by atoms with Gasteiger partial charge in [-0.25, -0.2) is 18.2 Å². The largest absolute Gasteiger partial charge is 0.366 e. The highest BCUT2D eigenvalue weighted by Crippen LogP contribution is 2.20. The summed E-state index contributed by atoms with van der Waals surface area (Å²) in [6, 6.07) is 14.5. The number of nitrogens with one attached hydrogen (secondary N) is 2. The molecule has 0 aliphatic rings. The van der Waals surface area contributed by atoms with Gasteiger partial charge in [-0.05, 0) is 29.8 Å². The Hall–Kier alpha value is -3.35. The molecular weight excluding hydrogens is 343 g/mol. The van der Waals surface area contributed by atoms with Crippen molar-refractivity contribution in [3.05, 3.63) is 89.4 Å². The fraction of sp³-hybridized carbons (Fsp3) is 0.0526. The average Bonchev–Trinajstić information content (AvgIpc) is 2.68. The quantitative estimate of drug-likeness (QED) is 0.667. The molecule has 0 saturated heterocycles. The van der Waals surface area contributed by atoms with Gasteiger partial charge in [0.1, 0.15) is 5.82 Å². The Labute approximate surface area is 147 Å². The summed E-state index contributed by atoms with van der Waals surface area (Å²) < 4.78 is 39.7. The number of pyridine rings is 1. The maximum atomic E-state index is 13.6. The molecular formula is C19H14F3N3O. The Balaban J connectivity index is 1.64. The summed E-state index contributed by atoms with van der Waals surface area (Å²) >= 11 is 0. The summed E-state index contributed by atoms with van der Waals surface area (Å²) in [5.41, 5.74) is 0.782. The van der Waals surface area contributed by atoms with E-state index in [2.05, 4.69) is 15.6 Å². The number of carbonyl (C=O) groups is 1. The lowest BCUT2D eigenvalue weighted by Gasteiger charge is -2.09. The van der Waals surface area contributed by atoms with Gasteiger partial charge in [-0.3, -0.25) is 4.79 Å². The van der Waals surface area contributed by atoms with Crippen LogP contribution in [-0.2, 0) is 6.54 Å². The lowest BCUT2D eigenvalue weighted by atomic mass is 10.2. The molecule has 0 aliphatic carbocycles. The molecule has 0 aliphatic heterocycles. The number of amides is 1. The molecule has 7 heteroatoms. The molecule has 3 aromatic rings. The van der Waals surface area contributed by atoms with Gasteiger partial charge >= 0.3 is 0 Å². The van der Waals surface area contributed by atoms with Gasteiger partial charge in [0.15, 0.2) is 17.5 Å². The van der Waals surface area contributed by atoms with Gasteiger partial charge in [-0.15, -0.1) is 0 Å². The van der Waals surface area contributed by atoms with Gasteiger partial charge in [-0.2, -0.15) is 0 Å². The van der Waals surface area contributed by atoms with Crippen LogP contribution < -0.4 is 10.6 Å². The van der Waals surface area contributed by atoms with Crippen molar-refractivity contribution in [2.24, 2.45) is 0 Å². The van der Waals surface area contributed by atoms with Gasteiger partial charge in [0.2, 0.25) is 0 Å². The minimum Gasteiger partial charge on any atom is -0.366 e. The van der Waals surface area contributed by atoms with Gasteiger partial charge in [0.25, 0.3) is 5.91 Å². The van der Waals surface area contributed by atoms with Crippen LogP contribution in [0.5, 0.6) is 0 Å². The highest BCUT2D eigenvalue weighted by Gasteiger charge is 2.16. The molecule has 1 heterocycles. The molecule has 0 radical (unpaired) electrons. The van der Waals surface area contributed by atoms with Crippen molar-refractivity contribution in [2.75, 3.05) is 10.6 Å². The van der Waals surface area contributed by atoms with E-state index < -0.39 is 29.0 Å². The van der Waals surface area contributed by atoms with E-state index in [1.807, 2.05) is 30.3 Å². The highest BCUT2D eigenvalue weighted by molar-refractivity contribution is 6.04. The van der Waals surface area contributed by atoms with E-state index in [0.29, 0.717) is 12.4 Å². The molecule has 26 heavy (non-hydrogen) atoms. The zero-order chi connectivity index (χ0) is 18.5. The summed E-state index contributed by atoms with van der Waals surface area (Å²) in [5.74, 6) is -4.54. The molecule has 4 nitrogen and oxygen atoms in total. The fourth-order valence-electron chi connectivity index (χ4n) is 2.24. The first-order chi connectivity index (χ1) is 12.5. The number of aromatic nitrogens is 1. The summed E-state index contributed by atoms with van der Waals surface area (Å²) in [6.45, 7) is 0.569. The van der Waals surface area contributed by atoms with Crippen LogP contribution in [0.15, 0.2) is 60.8 Å². The second-order valence-electron chi connectivity index (χ2n) is 5.45. The Bertz CT molecular complexity index is 915. The van der Waals surface area contributed by atoms with Crippen molar-refractivity contribution in [1.82, 2.24) is 4.98 Å². The summed E-state index contributed by atoms with van der Waals surface area (Å²) in [7, 11) is 0. The molecule has 2 aromatic carbocycles. The molecule has 0 saturated carbocycles. The first-order valence-corrected chi connectivity index (χ1v) is 7.73. The van der Waals surface area contributed by atoms with Crippen LogP contribution in [0.2, 0.25) is 0 Å². The molecule has 0 unspecified atom stereocenters. The Morgan fingerprint density at radius 1 is 0.923 bits per heavy atom. The van der Waals surface area contributed by atoms with Crippen molar-refractivity contribution in [3.8, 4) is 0 Å². The Morgan fingerprint density at radius 3 is 2.38 bits per heavy atom. The number of carbonyl (C=O) groups excluding carboxylic acids is 1. The fourth-order valence-corrected chi connectivity index (χ4v) is 2.24. The highest BCUT2D eigenvalue weighted by atomic mass is 19.2. The summed E-state index contributed by atoms with van der Waals surface area (Å²) in [4.78, 5) is 16.2. The van der Waals surface area contributed by atoms with E-state index in [-0.39, 0.29) is 5.56 Å².